The molecule has 0 aliphatic carbocycles. The van der Waals surface area contributed by atoms with Gasteiger partial charge in [0, 0.05) is 18.6 Å². The van der Waals surface area contributed by atoms with Gasteiger partial charge in [0.15, 0.2) is 15.7 Å². The second-order valence-corrected chi connectivity index (χ2v) is 9.99. The number of nitrogens with zero attached hydrogens (tertiary/aromatic N) is 3. The number of hydrogen-bond donors (Lipinski definition) is 1. The standard InChI is InChI=1S/C20H13Cl2FN4O3S/c1-31(29,30)20(18(28)26-19-25-6-7-27(19)20)16(12-4-2-11(10-24)3-5-12)13-8-14(21)17(23)15(22)9-13/h2-9,16H,1H3,(H,25,26,28)/t16?,20-/m1/s1. The maximum Gasteiger partial charge on any atom is 0.269 e. The second-order valence-electron chi connectivity index (χ2n) is 7.01. The number of sulfone groups is 1. The Hall–Kier alpha value is -2.93. The van der Waals surface area contributed by atoms with Gasteiger partial charge in [0.05, 0.1) is 27.6 Å². The van der Waals surface area contributed by atoms with Gasteiger partial charge in [-0.05, 0) is 35.4 Å². The third kappa shape index (κ3) is 3.10. The highest BCUT2D eigenvalue weighted by Gasteiger charge is 2.61. The Morgan fingerprint density at radius 3 is 2.35 bits per heavy atom. The van der Waals surface area contributed by atoms with Crippen LogP contribution < -0.4 is 5.32 Å². The lowest BCUT2D eigenvalue weighted by Gasteiger charge is -2.35. The zero-order valence-electron chi connectivity index (χ0n) is 15.8. The van der Waals surface area contributed by atoms with Gasteiger partial charge >= 0.3 is 0 Å². The molecular formula is C20H13Cl2FN4O3S. The molecule has 0 radical (unpaired) electrons. The Labute approximate surface area is 187 Å². The molecule has 0 saturated carbocycles. The molecule has 1 N–H and O–H groups in total. The first-order valence-electron chi connectivity index (χ1n) is 8.80. The van der Waals surface area contributed by atoms with Crippen molar-refractivity contribution >= 4 is 44.9 Å². The molecule has 1 aliphatic heterocycles. The molecule has 2 heterocycles. The molecule has 4 rings (SSSR count). The quantitative estimate of drug-likeness (QED) is 0.575. The molecule has 0 spiro atoms. The van der Waals surface area contributed by atoms with Crippen molar-refractivity contribution in [1.29, 1.82) is 5.26 Å². The molecule has 11 heteroatoms. The lowest BCUT2D eigenvalue weighted by atomic mass is 9.83. The SMILES string of the molecule is CS(=O)(=O)[C@]1(C(c2ccc(C#N)cc2)c2cc(Cl)c(F)c(Cl)c2)C(=O)Nc2nccn21. The minimum Gasteiger partial charge on any atom is -0.293 e. The van der Waals surface area contributed by atoms with Crippen molar-refractivity contribution in [1.82, 2.24) is 9.55 Å². The summed E-state index contributed by atoms with van der Waals surface area (Å²) in [5, 5.41) is 11.0. The van der Waals surface area contributed by atoms with Crippen LogP contribution >= 0.6 is 23.2 Å². The highest BCUT2D eigenvalue weighted by atomic mass is 35.5. The Kier molecular flexibility index (Phi) is 5.04. The largest absolute Gasteiger partial charge is 0.293 e. The van der Waals surface area contributed by atoms with E-state index in [9.17, 15) is 17.6 Å². The number of aromatic nitrogens is 2. The number of imidazole rings is 1. The second kappa shape index (κ2) is 7.34. The molecule has 31 heavy (non-hydrogen) atoms. The van der Waals surface area contributed by atoms with Crippen LogP contribution in [0.4, 0.5) is 10.3 Å². The summed E-state index contributed by atoms with van der Waals surface area (Å²) in [7, 11) is -4.18. The van der Waals surface area contributed by atoms with E-state index in [2.05, 4.69) is 10.3 Å². The van der Waals surface area contributed by atoms with Gasteiger partial charge in [-0.25, -0.2) is 17.8 Å². The van der Waals surface area contributed by atoms with Gasteiger partial charge < -0.3 is 0 Å². The van der Waals surface area contributed by atoms with Crippen LogP contribution in [0.3, 0.4) is 0 Å². The zero-order chi connectivity index (χ0) is 22.6. The topological polar surface area (TPSA) is 105 Å². The van der Waals surface area contributed by atoms with Gasteiger partial charge in [-0.1, -0.05) is 35.3 Å². The van der Waals surface area contributed by atoms with Gasteiger partial charge in [0.2, 0.25) is 10.8 Å². The minimum absolute atomic E-state index is 0.0494. The fourth-order valence-electron chi connectivity index (χ4n) is 3.93. The number of benzene rings is 2. The Balaban J connectivity index is 2.11. The summed E-state index contributed by atoms with van der Waals surface area (Å²) < 4.78 is 41.9. The molecule has 3 aromatic rings. The molecule has 2 aromatic carbocycles. The van der Waals surface area contributed by atoms with Crippen LogP contribution in [0.15, 0.2) is 48.8 Å². The number of fused-ring (bicyclic) bond motifs is 1. The number of carbonyl (C=O) groups excluding carboxylic acids is 1. The summed E-state index contributed by atoms with van der Waals surface area (Å²) in [6.45, 7) is 0. The first kappa shape index (κ1) is 21.3. The normalized spacial score (nSPS) is 18.9. The average molecular weight is 479 g/mol. The van der Waals surface area contributed by atoms with Crippen LogP contribution in [0.2, 0.25) is 10.0 Å². The van der Waals surface area contributed by atoms with Crippen LogP contribution in [0.25, 0.3) is 0 Å². The van der Waals surface area contributed by atoms with Crippen LogP contribution in [-0.2, 0) is 19.5 Å². The minimum atomic E-state index is -4.18. The fraction of sp³-hybridized carbons (Fsp3) is 0.150. The van der Waals surface area contributed by atoms with Crippen molar-refractivity contribution < 1.29 is 17.6 Å². The maximum atomic E-state index is 14.1. The van der Waals surface area contributed by atoms with Crippen molar-refractivity contribution in [3.63, 3.8) is 0 Å². The molecule has 1 amide bonds. The van der Waals surface area contributed by atoms with Crippen LogP contribution in [0.1, 0.15) is 22.6 Å². The van der Waals surface area contributed by atoms with Gasteiger partial charge in [-0.3, -0.25) is 14.7 Å². The lowest BCUT2D eigenvalue weighted by Crippen LogP contribution is -2.51. The number of carbonyl (C=O) groups is 1. The molecular weight excluding hydrogens is 466 g/mol. The summed E-state index contributed by atoms with van der Waals surface area (Å²) in [4.78, 5) is 15.1. The Bertz CT molecular complexity index is 1340. The molecule has 0 saturated heterocycles. The monoisotopic (exact) mass is 478 g/mol. The number of rotatable bonds is 4. The Morgan fingerprint density at radius 1 is 1.19 bits per heavy atom. The predicted octanol–water partition coefficient (Wildman–Crippen LogP) is 3.68. The van der Waals surface area contributed by atoms with Gasteiger partial charge in [0.1, 0.15) is 0 Å². The number of amides is 1. The van der Waals surface area contributed by atoms with E-state index in [0.29, 0.717) is 11.1 Å². The van der Waals surface area contributed by atoms with Crippen molar-refractivity contribution in [2.45, 2.75) is 10.8 Å². The highest BCUT2D eigenvalue weighted by molar-refractivity contribution is 7.92. The van der Waals surface area contributed by atoms with Crippen molar-refractivity contribution in [2.24, 2.45) is 0 Å². The number of halogens is 3. The number of nitrogens with one attached hydrogen (secondary N) is 1. The van der Waals surface area contributed by atoms with E-state index in [4.69, 9.17) is 28.5 Å². The fourth-order valence-corrected chi connectivity index (χ4v) is 6.03. The van der Waals surface area contributed by atoms with Gasteiger partial charge in [-0.2, -0.15) is 5.26 Å². The van der Waals surface area contributed by atoms with E-state index < -0.39 is 32.4 Å². The molecule has 0 bridgehead atoms. The molecule has 7 nitrogen and oxygen atoms in total. The molecule has 158 valence electrons. The summed E-state index contributed by atoms with van der Waals surface area (Å²) in [5.74, 6) is -2.84. The molecule has 0 fully saturated rings. The van der Waals surface area contributed by atoms with Crippen LogP contribution in [-0.4, -0.2) is 30.1 Å². The van der Waals surface area contributed by atoms with E-state index in [1.807, 2.05) is 6.07 Å². The number of nitriles is 1. The van der Waals surface area contributed by atoms with Crippen LogP contribution in [0, 0.1) is 17.1 Å². The third-order valence-corrected chi connectivity index (χ3v) is 7.52. The van der Waals surface area contributed by atoms with Crippen molar-refractivity contribution in [3.8, 4) is 6.07 Å². The maximum absolute atomic E-state index is 14.1. The molecule has 1 aliphatic rings. The van der Waals surface area contributed by atoms with Crippen LogP contribution in [0.5, 0.6) is 0 Å². The summed E-state index contributed by atoms with van der Waals surface area (Å²) in [5.41, 5.74) is 0.911. The predicted molar refractivity (Wildman–Crippen MR) is 113 cm³/mol. The first-order chi connectivity index (χ1) is 14.6. The van der Waals surface area contributed by atoms with E-state index >= 15 is 0 Å². The smallest absolute Gasteiger partial charge is 0.269 e. The number of hydrogen-bond acceptors (Lipinski definition) is 5. The first-order valence-corrected chi connectivity index (χ1v) is 11.5. The van der Waals surface area contributed by atoms with Gasteiger partial charge in [-0.15, -0.1) is 0 Å². The summed E-state index contributed by atoms with van der Waals surface area (Å²) >= 11 is 12.0. The van der Waals surface area contributed by atoms with E-state index in [-0.39, 0.29) is 21.6 Å². The summed E-state index contributed by atoms with van der Waals surface area (Å²) in [6, 6.07) is 10.5. The summed E-state index contributed by atoms with van der Waals surface area (Å²) in [6.07, 6.45) is 3.66. The molecule has 1 unspecified atom stereocenters. The average Bonchev–Trinajstić information content (AvgIpc) is 3.27. The highest BCUT2D eigenvalue weighted by Crippen LogP contribution is 2.49. The number of anilines is 1. The van der Waals surface area contributed by atoms with E-state index in [0.717, 1.165) is 6.26 Å². The van der Waals surface area contributed by atoms with Crippen molar-refractivity contribution in [3.05, 3.63) is 81.3 Å². The van der Waals surface area contributed by atoms with Crippen molar-refractivity contribution in [2.75, 3.05) is 11.6 Å². The lowest BCUT2D eigenvalue weighted by molar-refractivity contribution is -0.120. The van der Waals surface area contributed by atoms with Gasteiger partial charge in [0.25, 0.3) is 5.91 Å². The Morgan fingerprint density at radius 2 is 1.81 bits per heavy atom. The molecule has 2 atom stereocenters. The molecule has 1 aromatic heterocycles. The third-order valence-electron chi connectivity index (χ3n) is 5.22. The zero-order valence-corrected chi connectivity index (χ0v) is 18.1. The van der Waals surface area contributed by atoms with E-state index in [1.165, 1.54) is 53.4 Å². The van der Waals surface area contributed by atoms with E-state index in [1.54, 1.807) is 0 Å².